The van der Waals surface area contributed by atoms with Crippen molar-refractivity contribution in [2.24, 2.45) is 0 Å². The van der Waals surface area contributed by atoms with Gasteiger partial charge in [0.25, 0.3) is 5.91 Å². The average Bonchev–Trinajstić information content (AvgIpc) is 3.25. The number of halogens is 1. The fourth-order valence-corrected chi connectivity index (χ4v) is 3.40. The van der Waals surface area contributed by atoms with Gasteiger partial charge in [-0.05, 0) is 53.9 Å². The summed E-state index contributed by atoms with van der Waals surface area (Å²) in [6.07, 6.45) is 0.734. The van der Waals surface area contributed by atoms with Gasteiger partial charge in [0.2, 0.25) is 0 Å². The Balaban J connectivity index is 1.70. The number of carbonyl (C=O) groups excluding carboxylic acids is 1. The predicted octanol–water partition coefficient (Wildman–Crippen LogP) is 4.40. The van der Waals surface area contributed by atoms with Gasteiger partial charge < -0.3 is 19.2 Å². The van der Waals surface area contributed by atoms with Gasteiger partial charge in [0.05, 0.1) is 13.7 Å². The Hall–Kier alpha value is -3.16. The minimum atomic E-state index is -0.269. The molecular weight excluding hydrogens is 411 g/mol. The van der Waals surface area contributed by atoms with Crippen molar-refractivity contribution in [2.75, 3.05) is 27.4 Å². The molecule has 0 bridgehead atoms. The van der Waals surface area contributed by atoms with Crippen molar-refractivity contribution in [1.82, 2.24) is 10.2 Å². The number of amides is 1. The fraction of sp³-hybridized carbons (Fsp3) is 0.320. The molecule has 0 aliphatic heterocycles. The molecule has 6 nitrogen and oxygen atoms in total. The molecular formula is C25H29FN2O4. The summed E-state index contributed by atoms with van der Waals surface area (Å²) in [5, 5.41) is 2.82. The Morgan fingerprint density at radius 2 is 1.75 bits per heavy atom. The first-order valence-electron chi connectivity index (χ1n) is 10.5. The first kappa shape index (κ1) is 23.5. The molecule has 0 unspecified atom stereocenters. The molecule has 0 saturated carbocycles. The van der Waals surface area contributed by atoms with Gasteiger partial charge in [0, 0.05) is 33.4 Å². The molecule has 0 aliphatic carbocycles. The van der Waals surface area contributed by atoms with Crippen LogP contribution in [0.15, 0.2) is 65.1 Å². The number of rotatable bonds is 12. The van der Waals surface area contributed by atoms with Gasteiger partial charge in [-0.25, -0.2) is 4.39 Å². The van der Waals surface area contributed by atoms with E-state index in [-0.39, 0.29) is 17.5 Å². The molecule has 2 aromatic carbocycles. The van der Waals surface area contributed by atoms with Crippen molar-refractivity contribution in [3.63, 3.8) is 0 Å². The van der Waals surface area contributed by atoms with E-state index < -0.39 is 0 Å². The van der Waals surface area contributed by atoms with Crippen molar-refractivity contribution < 1.29 is 23.1 Å². The number of methoxy groups -OCH3 is 2. The summed E-state index contributed by atoms with van der Waals surface area (Å²) in [5.74, 6) is 1.18. The summed E-state index contributed by atoms with van der Waals surface area (Å²) in [5.41, 5.74) is 1.92. The highest BCUT2D eigenvalue weighted by Gasteiger charge is 2.15. The second-order valence-corrected chi connectivity index (χ2v) is 7.49. The van der Waals surface area contributed by atoms with Gasteiger partial charge in [-0.15, -0.1) is 0 Å². The van der Waals surface area contributed by atoms with Crippen LogP contribution in [0.25, 0.3) is 0 Å². The third-order valence-electron chi connectivity index (χ3n) is 4.91. The van der Waals surface area contributed by atoms with Crippen LogP contribution >= 0.6 is 0 Å². The summed E-state index contributed by atoms with van der Waals surface area (Å²) in [6.45, 7) is 2.69. The van der Waals surface area contributed by atoms with E-state index in [0.29, 0.717) is 38.5 Å². The van der Waals surface area contributed by atoms with Crippen LogP contribution in [-0.4, -0.2) is 38.2 Å². The molecule has 0 saturated heterocycles. The Bertz CT molecular complexity index is 1000. The Morgan fingerprint density at radius 1 is 1.00 bits per heavy atom. The average molecular weight is 441 g/mol. The summed E-state index contributed by atoms with van der Waals surface area (Å²) in [7, 11) is 3.26. The standard InChI is InChI=1S/C25H29FN2O4/c1-30-13-5-12-27-25(29)24-11-10-23(32-24)18-28(16-19-6-3-8-21(26)14-19)17-20-7-4-9-22(15-20)31-2/h3-4,6-11,14-15H,5,12-13,16-18H2,1-2H3,(H,27,29). The number of benzene rings is 2. The molecule has 0 fully saturated rings. The number of nitrogens with one attached hydrogen (secondary N) is 1. The minimum absolute atomic E-state index is 0.253. The van der Waals surface area contributed by atoms with Crippen molar-refractivity contribution in [3.8, 4) is 5.75 Å². The van der Waals surface area contributed by atoms with Crippen LogP contribution in [0, 0.1) is 5.82 Å². The first-order chi connectivity index (χ1) is 15.6. The van der Waals surface area contributed by atoms with E-state index in [1.807, 2.05) is 30.3 Å². The second kappa shape index (κ2) is 12.0. The number of carbonyl (C=O) groups is 1. The molecule has 0 radical (unpaired) electrons. The van der Waals surface area contributed by atoms with Crippen LogP contribution in [0.4, 0.5) is 4.39 Å². The highest BCUT2D eigenvalue weighted by Crippen LogP contribution is 2.19. The number of hydrogen-bond acceptors (Lipinski definition) is 5. The number of furan rings is 1. The molecule has 0 spiro atoms. The largest absolute Gasteiger partial charge is 0.497 e. The molecule has 0 aliphatic rings. The second-order valence-electron chi connectivity index (χ2n) is 7.49. The Kier molecular flexibility index (Phi) is 8.83. The number of nitrogens with zero attached hydrogens (tertiary/aromatic N) is 1. The molecule has 3 aromatic rings. The molecule has 1 aromatic heterocycles. The zero-order valence-electron chi connectivity index (χ0n) is 18.5. The van der Waals surface area contributed by atoms with E-state index in [2.05, 4.69) is 10.2 Å². The maximum atomic E-state index is 13.7. The van der Waals surface area contributed by atoms with Crippen LogP contribution in [0.3, 0.4) is 0 Å². The van der Waals surface area contributed by atoms with Crippen LogP contribution in [-0.2, 0) is 24.4 Å². The zero-order chi connectivity index (χ0) is 22.8. The van der Waals surface area contributed by atoms with Crippen LogP contribution in [0.1, 0.15) is 33.9 Å². The van der Waals surface area contributed by atoms with Gasteiger partial charge >= 0.3 is 0 Å². The highest BCUT2D eigenvalue weighted by molar-refractivity contribution is 5.91. The SMILES string of the molecule is COCCCNC(=O)c1ccc(CN(Cc2cccc(F)c2)Cc2cccc(OC)c2)o1. The molecule has 1 heterocycles. The van der Waals surface area contributed by atoms with Crippen molar-refractivity contribution >= 4 is 5.91 Å². The van der Waals surface area contributed by atoms with Gasteiger partial charge in [-0.2, -0.15) is 0 Å². The van der Waals surface area contributed by atoms with E-state index in [1.165, 1.54) is 12.1 Å². The lowest BCUT2D eigenvalue weighted by molar-refractivity contribution is 0.0916. The summed E-state index contributed by atoms with van der Waals surface area (Å²) in [6, 6.07) is 17.8. The van der Waals surface area contributed by atoms with Gasteiger partial charge in [-0.3, -0.25) is 9.69 Å². The van der Waals surface area contributed by atoms with Gasteiger partial charge in [0.15, 0.2) is 5.76 Å². The quantitative estimate of drug-likeness (QED) is 0.423. The maximum Gasteiger partial charge on any atom is 0.286 e. The van der Waals surface area contributed by atoms with Crippen LogP contribution < -0.4 is 10.1 Å². The summed E-state index contributed by atoms with van der Waals surface area (Å²) < 4.78 is 29.8. The zero-order valence-corrected chi connectivity index (χ0v) is 18.5. The molecule has 170 valence electrons. The topological polar surface area (TPSA) is 63.9 Å². The molecule has 0 atom stereocenters. The highest BCUT2D eigenvalue weighted by atomic mass is 19.1. The smallest absolute Gasteiger partial charge is 0.286 e. The monoisotopic (exact) mass is 440 g/mol. The molecule has 7 heteroatoms. The van der Waals surface area contributed by atoms with Gasteiger partial charge in [-0.1, -0.05) is 24.3 Å². The van der Waals surface area contributed by atoms with E-state index in [0.717, 1.165) is 23.3 Å². The molecule has 1 N–H and O–H groups in total. The first-order valence-corrected chi connectivity index (χ1v) is 10.5. The van der Waals surface area contributed by atoms with E-state index >= 15 is 0 Å². The van der Waals surface area contributed by atoms with Crippen LogP contribution in [0.2, 0.25) is 0 Å². The lowest BCUT2D eigenvalue weighted by atomic mass is 10.1. The summed E-state index contributed by atoms with van der Waals surface area (Å²) in [4.78, 5) is 14.4. The lowest BCUT2D eigenvalue weighted by Gasteiger charge is -2.22. The van der Waals surface area contributed by atoms with Crippen molar-refractivity contribution in [3.05, 3.63) is 89.1 Å². The molecule has 3 rings (SSSR count). The van der Waals surface area contributed by atoms with Crippen molar-refractivity contribution in [2.45, 2.75) is 26.1 Å². The predicted molar refractivity (Wildman–Crippen MR) is 120 cm³/mol. The minimum Gasteiger partial charge on any atom is -0.497 e. The van der Waals surface area contributed by atoms with Crippen molar-refractivity contribution in [1.29, 1.82) is 0 Å². The molecule has 1 amide bonds. The third kappa shape index (κ3) is 7.21. The lowest BCUT2D eigenvalue weighted by Crippen LogP contribution is -2.25. The molecule has 32 heavy (non-hydrogen) atoms. The number of ether oxygens (including phenoxy) is 2. The van der Waals surface area contributed by atoms with E-state index in [1.54, 1.807) is 32.4 Å². The van der Waals surface area contributed by atoms with E-state index in [9.17, 15) is 9.18 Å². The summed E-state index contributed by atoms with van der Waals surface area (Å²) >= 11 is 0. The maximum absolute atomic E-state index is 13.7. The Labute approximate surface area is 187 Å². The Morgan fingerprint density at radius 3 is 2.47 bits per heavy atom. The normalized spacial score (nSPS) is 11.0. The fourth-order valence-electron chi connectivity index (χ4n) is 3.40. The third-order valence-corrected chi connectivity index (χ3v) is 4.91. The number of hydrogen-bond donors (Lipinski definition) is 1. The van der Waals surface area contributed by atoms with Crippen LogP contribution in [0.5, 0.6) is 5.75 Å². The van der Waals surface area contributed by atoms with E-state index in [4.69, 9.17) is 13.9 Å². The van der Waals surface area contributed by atoms with Gasteiger partial charge in [0.1, 0.15) is 17.3 Å².